The Bertz CT molecular complexity index is 1010. The first-order valence-electron chi connectivity index (χ1n) is 9.73. The minimum absolute atomic E-state index is 0.0361. The van der Waals surface area contributed by atoms with Crippen molar-refractivity contribution < 1.29 is 9.59 Å². The molecule has 1 N–H and O–H groups in total. The Hall–Kier alpha value is -3.00. The molecule has 1 aromatic carbocycles. The quantitative estimate of drug-likeness (QED) is 0.720. The van der Waals surface area contributed by atoms with Gasteiger partial charge in [-0.05, 0) is 55.0 Å². The lowest BCUT2D eigenvalue weighted by atomic mass is 9.90. The van der Waals surface area contributed by atoms with Gasteiger partial charge in [-0.3, -0.25) is 14.6 Å². The molecule has 1 atom stereocenters. The van der Waals surface area contributed by atoms with E-state index in [0.29, 0.717) is 18.0 Å². The standard InChI is InChI=1S/C21H21N5O2S/c27-19(24-15-2-4-16(5-3-15)26-9-1-8-23-26)17-12-21(17)6-10-25(11-7-21)20(28)18-13-22-14-29-18/h1-5,8-9,13-14,17H,6-7,10-12H2,(H,24,27)/t17-/m0/s1. The Morgan fingerprint density at radius 2 is 1.97 bits per heavy atom. The molecule has 1 aliphatic carbocycles. The summed E-state index contributed by atoms with van der Waals surface area (Å²) in [6, 6.07) is 9.56. The summed E-state index contributed by atoms with van der Waals surface area (Å²) in [7, 11) is 0. The van der Waals surface area contributed by atoms with Crippen LogP contribution in [0.5, 0.6) is 0 Å². The molecule has 7 nitrogen and oxygen atoms in total. The number of thiazole rings is 1. The number of piperidine rings is 1. The van der Waals surface area contributed by atoms with Crippen molar-refractivity contribution in [1.29, 1.82) is 0 Å². The molecule has 0 bridgehead atoms. The van der Waals surface area contributed by atoms with Crippen molar-refractivity contribution in [2.45, 2.75) is 19.3 Å². The number of benzene rings is 1. The number of nitrogens with zero attached hydrogens (tertiary/aromatic N) is 4. The van der Waals surface area contributed by atoms with E-state index in [-0.39, 0.29) is 23.1 Å². The lowest BCUT2D eigenvalue weighted by Crippen LogP contribution is -2.40. The second-order valence-corrected chi connectivity index (χ2v) is 8.65. The summed E-state index contributed by atoms with van der Waals surface area (Å²) >= 11 is 1.38. The minimum Gasteiger partial charge on any atom is -0.338 e. The van der Waals surface area contributed by atoms with Crippen LogP contribution in [-0.4, -0.2) is 44.6 Å². The molecule has 148 valence electrons. The molecule has 2 amide bonds. The van der Waals surface area contributed by atoms with Crippen LogP contribution in [0.15, 0.2) is 54.4 Å². The van der Waals surface area contributed by atoms with Gasteiger partial charge in [0.25, 0.3) is 5.91 Å². The third-order valence-electron chi connectivity index (χ3n) is 6.10. The van der Waals surface area contributed by atoms with Crippen LogP contribution in [0.1, 0.15) is 28.9 Å². The SMILES string of the molecule is O=C(Nc1ccc(-n2cccn2)cc1)[C@@H]1CC12CCN(C(=O)c1cncs1)CC2. The van der Waals surface area contributed by atoms with Gasteiger partial charge in [-0.15, -0.1) is 11.3 Å². The molecular weight excluding hydrogens is 386 g/mol. The van der Waals surface area contributed by atoms with Gasteiger partial charge in [0.15, 0.2) is 0 Å². The van der Waals surface area contributed by atoms with Crippen molar-refractivity contribution in [1.82, 2.24) is 19.7 Å². The number of likely N-dealkylation sites (tertiary alicyclic amines) is 1. The van der Waals surface area contributed by atoms with Gasteiger partial charge in [-0.2, -0.15) is 5.10 Å². The first-order chi connectivity index (χ1) is 14.1. The number of hydrogen-bond donors (Lipinski definition) is 1. The summed E-state index contributed by atoms with van der Waals surface area (Å²) in [5, 5.41) is 7.25. The van der Waals surface area contributed by atoms with Gasteiger partial charge < -0.3 is 10.2 Å². The van der Waals surface area contributed by atoms with Crippen LogP contribution in [0.4, 0.5) is 5.69 Å². The van der Waals surface area contributed by atoms with E-state index in [4.69, 9.17) is 0 Å². The fourth-order valence-electron chi connectivity index (χ4n) is 4.25. The average molecular weight is 407 g/mol. The van der Waals surface area contributed by atoms with Crippen LogP contribution in [0.2, 0.25) is 0 Å². The summed E-state index contributed by atoms with van der Waals surface area (Å²) in [4.78, 5) is 31.8. The highest BCUT2D eigenvalue weighted by Crippen LogP contribution is 2.59. The Kier molecular flexibility index (Phi) is 4.43. The zero-order valence-electron chi connectivity index (χ0n) is 15.8. The van der Waals surface area contributed by atoms with Crippen molar-refractivity contribution in [3.05, 3.63) is 59.3 Å². The molecule has 5 rings (SSSR count). The molecule has 0 unspecified atom stereocenters. The van der Waals surface area contributed by atoms with E-state index in [1.165, 1.54) is 11.3 Å². The van der Waals surface area contributed by atoms with Crippen LogP contribution >= 0.6 is 11.3 Å². The van der Waals surface area contributed by atoms with Crippen LogP contribution in [0, 0.1) is 11.3 Å². The van der Waals surface area contributed by atoms with Crippen molar-refractivity contribution in [3.63, 3.8) is 0 Å². The molecule has 2 fully saturated rings. The molecule has 1 saturated carbocycles. The van der Waals surface area contributed by atoms with Gasteiger partial charge in [0.05, 0.1) is 17.4 Å². The smallest absolute Gasteiger partial charge is 0.265 e. The van der Waals surface area contributed by atoms with E-state index >= 15 is 0 Å². The van der Waals surface area contributed by atoms with Gasteiger partial charge in [0, 0.05) is 37.1 Å². The number of carbonyl (C=O) groups excluding carboxylic acids is 2. The zero-order valence-corrected chi connectivity index (χ0v) is 16.6. The molecule has 1 saturated heterocycles. The van der Waals surface area contributed by atoms with Crippen molar-refractivity contribution in [3.8, 4) is 5.69 Å². The number of anilines is 1. The number of hydrogen-bond acceptors (Lipinski definition) is 5. The van der Waals surface area contributed by atoms with Crippen molar-refractivity contribution in [2.24, 2.45) is 11.3 Å². The maximum absolute atomic E-state index is 12.7. The topological polar surface area (TPSA) is 80.1 Å². The predicted molar refractivity (Wildman–Crippen MR) is 110 cm³/mol. The van der Waals surface area contributed by atoms with Crippen LogP contribution in [0.3, 0.4) is 0 Å². The molecule has 2 aromatic heterocycles. The number of amides is 2. The normalized spacial score (nSPS) is 19.9. The predicted octanol–water partition coefficient (Wildman–Crippen LogP) is 3.21. The van der Waals surface area contributed by atoms with E-state index < -0.39 is 0 Å². The fourth-order valence-corrected chi connectivity index (χ4v) is 4.84. The Balaban J connectivity index is 1.16. The summed E-state index contributed by atoms with van der Waals surface area (Å²) in [5.41, 5.74) is 3.49. The second kappa shape index (κ2) is 7.11. The second-order valence-electron chi connectivity index (χ2n) is 7.76. The minimum atomic E-state index is 0.0361. The monoisotopic (exact) mass is 407 g/mol. The number of carbonyl (C=O) groups is 2. The summed E-state index contributed by atoms with van der Waals surface area (Å²) in [6.07, 6.45) is 7.92. The van der Waals surface area contributed by atoms with E-state index in [2.05, 4.69) is 15.4 Å². The fraction of sp³-hybridized carbons (Fsp3) is 0.333. The number of aromatic nitrogens is 3. The van der Waals surface area contributed by atoms with Gasteiger partial charge in [0.1, 0.15) is 4.88 Å². The molecular formula is C21H21N5O2S. The highest BCUT2D eigenvalue weighted by Gasteiger charge is 2.58. The van der Waals surface area contributed by atoms with Gasteiger partial charge in [0.2, 0.25) is 5.91 Å². The largest absolute Gasteiger partial charge is 0.338 e. The summed E-state index contributed by atoms with van der Waals surface area (Å²) in [6.45, 7) is 1.41. The summed E-state index contributed by atoms with van der Waals surface area (Å²) in [5.74, 6) is 0.175. The van der Waals surface area contributed by atoms with Gasteiger partial charge in [-0.25, -0.2) is 4.68 Å². The van der Waals surface area contributed by atoms with Crippen LogP contribution < -0.4 is 5.32 Å². The van der Waals surface area contributed by atoms with Gasteiger partial charge in [-0.1, -0.05) is 0 Å². The number of nitrogens with one attached hydrogen (secondary N) is 1. The average Bonchev–Trinajstić information content (AvgIpc) is 3.19. The summed E-state index contributed by atoms with van der Waals surface area (Å²) < 4.78 is 1.78. The van der Waals surface area contributed by atoms with Crippen LogP contribution in [0.25, 0.3) is 5.69 Å². The molecule has 3 aromatic rings. The third kappa shape index (κ3) is 3.44. The molecule has 3 heterocycles. The number of rotatable bonds is 4. The third-order valence-corrected chi connectivity index (χ3v) is 6.86. The Morgan fingerprint density at radius 1 is 1.17 bits per heavy atom. The first-order valence-corrected chi connectivity index (χ1v) is 10.6. The van der Waals surface area contributed by atoms with E-state index in [0.717, 1.165) is 30.6 Å². The Morgan fingerprint density at radius 3 is 2.62 bits per heavy atom. The maximum Gasteiger partial charge on any atom is 0.265 e. The maximum atomic E-state index is 12.7. The van der Waals surface area contributed by atoms with E-state index in [1.54, 1.807) is 22.6 Å². The molecule has 1 aliphatic heterocycles. The van der Waals surface area contributed by atoms with Crippen molar-refractivity contribution in [2.75, 3.05) is 18.4 Å². The lowest BCUT2D eigenvalue weighted by molar-refractivity contribution is -0.118. The highest BCUT2D eigenvalue weighted by molar-refractivity contribution is 7.11. The van der Waals surface area contributed by atoms with Crippen LogP contribution in [-0.2, 0) is 4.79 Å². The molecule has 8 heteroatoms. The molecule has 0 radical (unpaired) electrons. The molecule has 1 spiro atoms. The zero-order chi connectivity index (χ0) is 19.8. The molecule has 29 heavy (non-hydrogen) atoms. The lowest BCUT2D eigenvalue weighted by Gasteiger charge is -2.32. The van der Waals surface area contributed by atoms with Gasteiger partial charge >= 0.3 is 0 Å². The van der Waals surface area contributed by atoms with E-state index in [9.17, 15) is 9.59 Å². The first kappa shape index (κ1) is 18.1. The highest BCUT2D eigenvalue weighted by atomic mass is 32.1. The Labute approximate surface area is 172 Å². The van der Waals surface area contributed by atoms with E-state index in [1.807, 2.05) is 41.4 Å². The van der Waals surface area contributed by atoms with Crippen molar-refractivity contribution >= 4 is 28.8 Å². The molecule has 2 aliphatic rings.